The molecule has 2 N–H and O–H groups in total. The standard InChI is InChI=1S/C18H23N3O2S/c1-11(2)17(20-12(3)22)18(23)19-9-14-5-7-15(8-6-14)16-10-24-13(4)21-16/h5-8,10-11,17H,9H2,1-4H3,(H,19,23)(H,20,22)/t17-/m0/s1. The lowest BCUT2D eigenvalue weighted by Gasteiger charge is -2.21. The van der Waals surface area contributed by atoms with Crippen LogP contribution >= 0.6 is 11.3 Å². The van der Waals surface area contributed by atoms with Crippen molar-refractivity contribution < 1.29 is 9.59 Å². The van der Waals surface area contributed by atoms with E-state index in [2.05, 4.69) is 15.6 Å². The second-order valence-corrected chi connectivity index (χ2v) is 7.15. The lowest BCUT2D eigenvalue weighted by atomic mass is 10.0. The summed E-state index contributed by atoms with van der Waals surface area (Å²) in [6, 6.07) is 7.45. The van der Waals surface area contributed by atoms with E-state index in [4.69, 9.17) is 0 Å². The number of benzene rings is 1. The average Bonchev–Trinajstić information content (AvgIpc) is 2.97. The van der Waals surface area contributed by atoms with Crippen LogP contribution in [0.25, 0.3) is 11.3 Å². The van der Waals surface area contributed by atoms with Crippen molar-refractivity contribution >= 4 is 23.2 Å². The van der Waals surface area contributed by atoms with Gasteiger partial charge in [-0.2, -0.15) is 0 Å². The first-order valence-corrected chi connectivity index (χ1v) is 8.81. The monoisotopic (exact) mass is 345 g/mol. The highest BCUT2D eigenvalue weighted by atomic mass is 32.1. The number of carbonyl (C=O) groups is 2. The molecule has 1 aromatic carbocycles. The van der Waals surface area contributed by atoms with Crippen molar-refractivity contribution in [1.82, 2.24) is 15.6 Å². The van der Waals surface area contributed by atoms with Gasteiger partial charge in [-0.15, -0.1) is 11.3 Å². The van der Waals surface area contributed by atoms with Crippen LogP contribution in [0.3, 0.4) is 0 Å². The summed E-state index contributed by atoms with van der Waals surface area (Å²) in [5, 5.41) is 8.65. The van der Waals surface area contributed by atoms with Gasteiger partial charge in [0.1, 0.15) is 6.04 Å². The van der Waals surface area contributed by atoms with Gasteiger partial charge in [-0.3, -0.25) is 9.59 Å². The summed E-state index contributed by atoms with van der Waals surface area (Å²) < 4.78 is 0. The molecule has 0 aliphatic heterocycles. The largest absolute Gasteiger partial charge is 0.350 e. The number of carbonyl (C=O) groups excluding carboxylic acids is 2. The minimum absolute atomic E-state index is 0.0316. The highest BCUT2D eigenvalue weighted by Crippen LogP contribution is 2.21. The highest BCUT2D eigenvalue weighted by molar-refractivity contribution is 7.09. The first kappa shape index (κ1) is 18.1. The fourth-order valence-corrected chi connectivity index (χ4v) is 2.96. The number of aromatic nitrogens is 1. The van der Waals surface area contributed by atoms with Crippen molar-refractivity contribution in [2.24, 2.45) is 5.92 Å². The Morgan fingerprint density at radius 2 is 1.88 bits per heavy atom. The van der Waals surface area contributed by atoms with E-state index in [1.165, 1.54) is 6.92 Å². The third kappa shape index (κ3) is 4.89. The summed E-state index contributed by atoms with van der Waals surface area (Å²) in [5.41, 5.74) is 3.04. The average molecular weight is 345 g/mol. The predicted octanol–water partition coefficient (Wildman–Crippen LogP) is 2.90. The number of aryl methyl sites for hydroxylation is 1. The van der Waals surface area contributed by atoms with Gasteiger partial charge >= 0.3 is 0 Å². The van der Waals surface area contributed by atoms with E-state index in [1.807, 2.05) is 50.4 Å². The molecule has 1 aromatic heterocycles. The number of hydrogen-bond acceptors (Lipinski definition) is 4. The van der Waals surface area contributed by atoms with Crippen LogP contribution in [-0.2, 0) is 16.1 Å². The summed E-state index contributed by atoms with van der Waals surface area (Å²) in [6.07, 6.45) is 0. The van der Waals surface area contributed by atoms with Gasteiger partial charge in [0.05, 0.1) is 10.7 Å². The third-order valence-corrected chi connectivity index (χ3v) is 4.42. The molecule has 1 heterocycles. The fraction of sp³-hybridized carbons (Fsp3) is 0.389. The Morgan fingerprint density at radius 1 is 1.21 bits per heavy atom. The van der Waals surface area contributed by atoms with Crippen LogP contribution in [0.1, 0.15) is 31.3 Å². The molecule has 0 aliphatic rings. The molecule has 2 aromatic rings. The zero-order valence-corrected chi connectivity index (χ0v) is 15.2. The molecule has 0 unspecified atom stereocenters. The molecule has 24 heavy (non-hydrogen) atoms. The predicted molar refractivity (Wildman–Crippen MR) is 96.6 cm³/mol. The Bertz CT molecular complexity index is 707. The van der Waals surface area contributed by atoms with E-state index in [0.717, 1.165) is 21.8 Å². The van der Waals surface area contributed by atoms with Crippen LogP contribution in [0.2, 0.25) is 0 Å². The maximum atomic E-state index is 12.3. The van der Waals surface area contributed by atoms with Crippen molar-refractivity contribution in [2.45, 2.75) is 40.3 Å². The van der Waals surface area contributed by atoms with Crippen LogP contribution in [0.5, 0.6) is 0 Å². The van der Waals surface area contributed by atoms with E-state index in [0.29, 0.717) is 6.54 Å². The van der Waals surface area contributed by atoms with Gasteiger partial charge in [-0.05, 0) is 18.4 Å². The van der Waals surface area contributed by atoms with E-state index in [1.54, 1.807) is 11.3 Å². The molecule has 2 amide bonds. The maximum Gasteiger partial charge on any atom is 0.243 e. The molecule has 1 atom stereocenters. The van der Waals surface area contributed by atoms with Crippen molar-refractivity contribution in [2.75, 3.05) is 0 Å². The molecule has 0 saturated heterocycles. The Labute approximate surface area is 146 Å². The Kier molecular flexibility index (Phi) is 6.09. The smallest absolute Gasteiger partial charge is 0.243 e. The summed E-state index contributed by atoms with van der Waals surface area (Å²) in [4.78, 5) is 27.9. The number of hydrogen-bond donors (Lipinski definition) is 2. The van der Waals surface area contributed by atoms with Gasteiger partial charge in [0.2, 0.25) is 11.8 Å². The fourth-order valence-electron chi connectivity index (χ4n) is 2.34. The number of rotatable bonds is 6. The van der Waals surface area contributed by atoms with E-state index in [9.17, 15) is 9.59 Å². The molecule has 0 aliphatic carbocycles. The van der Waals surface area contributed by atoms with E-state index < -0.39 is 6.04 Å². The maximum absolute atomic E-state index is 12.3. The van der Waals surface area contributed by atoms with Crippen LogP contribution in [0, 0.1) is 12.8 Å². The number of nitrogens with zero attached hydrogens (tertiary/aromatic N) is 1. The van der Waals surface area contributed by atoms with Gasteiger partial charge in [0, 0.05) is 24.4 Å². The minimum atomic E-state index is -0.514. The first-order chi connectivity index (χ1) is 11.4. The summed E-state index contributed by atoms with van der Waals surface area (Å²) >= 11 is 1.63. The van der Waals surface area contributed by atoms with Crippen LogP contribution in [0.15, 0.2) is 29.6 Å². The van der Waals surface area contributed by atoms with Crippen molar-refractivity contribution in [1.29, 1.82) is 0 Å². The third-order valence-electron chi connectivity index (χ3n) is 3.64. The topological polar surface area (TPSA) is 71.1 Å². The molecule has 6 heteroatoms. The number of thiazole rings is 1. The van der Waals surface area contributed by atoms with Gasteiger partial charge in [-0.1, -0.05) is 38.1 Å². The van der Waals surface area contributed by atoms with Crippen LogP contribution < -0.4 is 10.6 Å². The van der Waals surface area contributed by atoms with E-state index >= 15 is 0 Å². The van der Waals surface area contributed by atoms with E-state index in [-0.39, 0.29) is 17.7 Å². The lowest BCUT2D eigenvalue weighted by molar-refractivity contribution is -0.129. The van der Waals surface area contributed by atoms with Crippen molar-refractivity contribution in [3.63, 3.8) is 0 Å². The molecule has 0 fully saturated rings. The molecule has 0 radical (unpaired) electrons. The van der Waals surface area contributed by atoms with Crippen LogP contribution in [0.4, 0.5) is 0 Å². The first-order valence-electron chi connectivity index (χ1n) is 7.93. The summed E-state index contributed by atoms with van der Waals surface area (Å²) in [5.74, 6) is -0.338. The lowest BCUT2D eigenvalue weighted by Crippen LogP contribution is -2.48. The van der Waals surface area contributed by atoms with Gasteiger partial charge < -0.3 is 10.6 Å². The summed E-state index contributed by atoms with van der Waals surface area (Å²) in [6.45, 7) is 7.65. The van der Waals surface area contributed by atoms with Crippen molar-refractivity contribution in [3.05, 3.63) is 40.2 Å². The highest BCUT2D eigenvalue weighted by Gasteiger charge is 2.22. The molecule has 0 bridgehead atoms. The Hall–Kier alpha value is -2.21. The quantitative estimate of drug-likeness (QED) is 0.846. The minimum Gasteiger partial charge on any atom is -0.350 e. The molecule has 128 valence electrons. The Balaban J connectivity index is 1.96. The molecule has 0 saturated carbocycles. The number of amides is 2. The van der Waals surface area contributed by atoms with Gasteiger partial charge in [-0.25, -0.2) is 4.98 Å². The second-order valence-electron chi connectivity index (χ2n) is 6.09. The molecule has 5 nitrogen and oxygen atoms in total. The zero-order chi connectivity index (χ0) is 17.7. The zero-order valence-electron chi connectivity index (χ0n) is 14.4. The van der Waals surface area contributed by atoms with Crippen LogP contribution in [-0.4, -0.2) is 22.8 Å². The second kappa shape index (κ2) is 8.06. The Morgan fingerprint density at radius 3 is 2.38 bits per heavy atom. The molecular weight excluding hydrogens is 322 g/mol. The van der Waals surface area contributed by atoms with Crippen molar-refractivity contribution in [3.8, 4) is 11.3 Å². The normalized spacial score (nSPS) is 12.0. The molecule has 2 rings (SSSR count). The molecular formula is C18H23N3O2S. The molecule has 0 spiro atoms. The SMILES string of the molecule is CC(=O)N[C@H](C(=O)NCc1ccc(-c2csc(C)n2)cc1)C(C)C. The summed E-state index contributed by atoms with van der Waals surface area (Å²) in [7, 11) is 0. The van der Waals surface area contributed by atoms with Gasteiger partial charge in [0.15, 0.2) is 0 Å². The van der Waals surface area contributed by atoms with Gasteiger partial charge in [0.25, 0.3) is 0 Å². The number of nitrogens with one attached hydrogen (secondary N) is 2.